The fourth-order valence-corrected chi connectivity index (χ4v) is 4.08. The molecule has 0 unspecified atom stereocenters. The number of ether oxygens (including phenoxy) is 1. The Balaban J connectivity index is 1.57. The quantitative estimate of drug-likeness (QED) is 0.390. The number of halogens is 2. The average Bonchev–Trinajstić information content (AvgIpc) is 3.24. The zero-order valence-electron chi connectivity index (χ0n) is 19.2. The number of methoxy groups -OCH3 is 1. The zero-order valence-corrected chi connectivity index (χ0v) is 19.9. The minimum Gasteiger partial charge on any atom is -0.495 e. The van der Waals surface area contributed by atoms with Crippen molar-refractivity contribution >= 4 is 41.2 Å². The Kier molecular flexibility index (Phi) is 6.61. The Labute approximate surface area is 205 Å². The molecule has 2 heterocycles. The number of nitrogens with zero attached hydrogens (tertiary/aromatic N) is 2. The van der Waals surface area contributed by atoms with Crippen molar-refractivity contribution < 1.29 is 23.5 Å². The summed E-state index contributed by atoms with van der Waals surface area (Å²) >= 11 is 6.19. The number of benzene rings is 2. The van der Waals surface area contributed by atoms with Crippen LogP contribution in [-0.4, -0.2) is 41.0 Å². The molecule has 10 heteroatoms. The third kappa shape index (κ3) is 4.76. The molecule has 35 heavy (non-hydrogen) atoms. The maximum atomic E-state index is 13.8. The van der Waals surface area contributed by atoms with Crippen LogP contribution in [0.5, 0.6) is 5.75 Å². The molecule has 3 aromatic rings. The number of hydrogen-bond donors (Lipinski definition) is 2. The molecule has 0 atom stereocenters. The molecule has 0 spiro atoms. The first-order valence-electron chi connectivity index (χ1n) is 10.6. The molecule has 1 aliphatic heterocycles. The lowest BCUT2D eigenvalue weighted by Gasteiger charge is -2.14. The topological polar surface area (TPSA) is 92.7 Å². The number of aryl methyl sites for hydroxylation is 1. The number of nitrogens with one attached hydrogen (secondary N) is 2. The van der Waals surface area contributed by atoms with Gasteiger partial charge in [-0.2, -0.15) is 0 Å². The summed E-state index contributed by atoms with van der Waals surface area (Å²) in [4.78, 5) is 38.4. The number of hydrogen-bond acceptors (Lipinski definition) is 4. The van der Waals surface area contributed by atoms with E-state index in [-0.39, 0.29) is 11.4 Å². The number of anilines is 1. The van der Waals surface area contributed by atoms with Crippen molar-refractivity contribution in [2.45, 2.75) is 13.8 Å². The number of imide groups is 1. The van der Waals surface area contributed by atoms with Crippen LogP contribution in [0.25, 0.3) is 11.8 Å². The summed E-state index contributed by atoms with van der Waals surface area (Å²) in [5.74, 6) is -1.37. The molecule has 1 aliphatic rings. The average molecular weight is 497 g/mol. The van der Waals surface area contributed by atoms with Gasteiger partial charge in [0.15, 0.2) is 0 Å². The van der Waals surface area contributed by atoms with Gasteiger partial charge in [0.1, 0.15) is 23.8 Å². The van der Waals surface area contributed by atoms with Crippen molar-refractivity contribution in [3.05, 3.63) is 82.0 Å². The van der Waals surface area contributed by atoms with Crippen molar-refractivity contribution in [3.8, 4) is 11.4 Å². The Hall–Kier alpha value is -4.11. The molecule has 2 aromatic carbocycles. The van der Waals surface area contributed by atoms with E-state index in [9.17, 15) is 18.8 Å². The van der Waals surface area contributed by atoms with Gasteiger partial charge in [0, 0.05) is 16.4 Å². The van der Waals surface area contributed by atoms with Gasteiger partial charge in [0.25, 0.3) is 5.91 Å². The van der Waals surface area contributed by atoms with Gasteiger partial charge in [-0.3, -0.25) is 9.59 Å². The van der Waals surface area contributed by atoms with Crippen LogP contribution in [-0.2, 0) is 9.59 Å². The Bertz CT molecular complexity index is 1380. The molecule has 180 valence electrons. The summed E-state index contributed by atoms with van der Waals surface area (Å²) in [6.07, 6.45) is 1.55. The van der Waals surface area contributed by atoms with Crippen LogP contribution in [0.3, 0.4) is 0 Å². The molecular weight excluding hydrogens is 475 g/mol. The monoisotopic (exact) mass is 496 g/mol. The molecular formula is C25H22ClFN4O4. The lowest BCUT2D eigenvalue weighted by atomic mass is 10.2. The smallest absolute Gasteiger partial charge is 0.329 e. The summed E-state index contributed by atoms with van der Waals surface area (Å²) in [6.45, 7) is 3.19. The van der Waals surface area contributed by atoms with Crippen molar-refractivity contribution in [1.82, 2.24) is 14.8 Å². The highest BCUT2D eigenvalue weighted by Crippen LogP contribution is 2.31. The molecule has 0 aliphatic carbocycles. The Morgan fingerprint density at radius 1 is 1.17 bits per heavy atom. The number of amides is 4. The zero-order chi connectivity index (χ0) is 25.3. The summed E-state index contributed by atoms with van der Waals surface area (Å²) in [5.41, 5.74) is 3.04. The Morgan fingerprint density at radius 3 is 2.63 bits per heavy atom. The third-order valence-electron chi connectivity index (χ3n) is 5.56. The van der Waals surface area contributed by atoms with E-state index in [1.165, 1.54) is 18.2 Å². The van der Waals surface area contributed by atoms with E-state index in [0.29, 0.717) is 16.3 Å². The minimum atomic E-state index is -0.741. The highest BCUT2D eigenvalue weighted by atomic mass is 35.5. The number of para-hydroxylation sites is 1. The summed E-state index contributed by atoms with van der Waals surface area (Å²) in [5, 5.41) is 5.40. The van der Waals surface area contributed by atoms with Gasteiger partial charge in [-0.15, -0.1) is 0 Å². The van der Waals surface area contributed by atoms with Crippen molar-refractivity contribution in [2.24, 2.45) is 0 Å². The van der Waals surface area contributed by atoms with Gasteiger partial charge in [0.2, 0.25) is 5.91 Å². The third-order valence-corrected chi connectivity index (χ3v) is 5.80. The SMILES string of the molecule is COc1ccc(Cl)cc1-n1c(C)cc(/C=C2/NC(=O)N(CC(=O)Nc3ccccc3F)C2=O)c1C. The fraction of sp³-hybridized carbons (Fsp3) is 0.160. The molecule has 4 amide bonds. The van der Waals surface area contributed by atoms with Gasteiger partial charge < -0.3 is 19.9 Å². The van der Waals surface area contributed by atoms with E-state index >= 15 is 0 Å². The first kappa shape index (κ1) is 24.0. The van der Waals surface area contributed by atoms with Gasteiger partial charge in [0.05, 0.1) is 18.5 Å². The largest absolute Gasteiger partial charge is 0.495 e. The first-order chi connectivity index (χ1) is 16.7. The highest BCUT2D eigenvalue weighted by Gasteiger charge is 2.35. The molecule has 1 fully saturated rings. The molecule has 0 bridgehead atoms. The van der Waals surface area contributed by atoms with E-state index in [1.807, 2.05) is 24.5 Å². The van der Waals surface area contributed by atoms with Crippen LogP contribution >= 0.6 is 11.6 Å². The van der Waals surface area contributed by atoms with Crippen molar-refractivity contribution in [2.75, 3.05) is 19.0 Å². The molecule has 0 radical (unpaired) electrons. The first-order valence-corrected chi connectivity index (χ1v) is 11.0. The molecule has 1 saturated heterocycles. The molecule has 1 aromatic heterocycles. The highest BCUT2D eigenvalue weighted by molar-refractivity contribution is 6.30. The van der Waals surface area contributed by atoms with Gasteiger partial charge in [-0.25, -0.2) is 14.1 Å². The van der Waals surface area contributed by atoms with Crippen LogP contribution in [0.15, 0.2) is 54.2 Å². The van der Waals surface area contributed by atoms with Gasteiger partial charge in [-0.1, -0.05) is 23.7 Å². The van der Waals surface area contributed by atoms with Gasteiger partial charge in [-0.05, 0) is 61.9 Å². The number of carbonyl (C=O) groups excluding carboxylic acids is 3. The minimum absolute atomic E-state index is 0.0204. The predicted octanol–water partition coefficient (Wildman–Crippen LogP) is 4.43. The fourth-order valence-electron chi connectivity index (χ4n) is 3.91. The summed E-state index contributed by atoms with van der Waals surface area (Å²) in [6, 6.07) is 12.0. The molecule has 8 nitrogen and oxygen atoms in total. The Morgan fingerprint density at radius 2 is 1.91 bits per heavy atom. The second-order valence-electron chi connectivity index (χ2n) is 7.89. The van der Waals surface area contributed by atoms with E-state index < -0.39 is 30.2 Å². The van der Waals surface area contributed by atoms with Crippen molar-refractivity contribution in [1.29, 1.82) is 0 Å². The number of urea groups is 1. The van der Waals surface area contributed by atoms with Crippen LogP contribution in [0.1, 0.15) is 17.0 Å². The molecule has 4 rings (SSSR count). The van der Waals surface area contributed by atoms with E-state index in [1.54, 1.807) is 37.5 Å². The standard InChI is InChI=1S/C25H22ClFN4O4/c1-14-10-16(15(2)31(14)21-12-17(26)8-9-22(21)35-3)11-20-24(33)30(25(34)29-20)13-23(32)28-19-7-5-4-6-18(19)27/h4-12H,13H2,1-3H3,(H,28,32)(H,29,34)/b20-11+. The van der Waals surface area contributed by atoms with Crippen molar-refractivity contribution in [3.63, 3.8) is 0 Å². The second kappa shape index (κ2) is 9.63. The molecule has 0 saturated carbocycles. The van der Waals surface area contributed by atoms with E-state index in [2.05, 4.69) is 10.6 Å². The van der Waals surface area contributed by atoms with Crippen LogP contribution < -0.4 is 15.4 Å². The van der Waals surface area contributed by atoms with E-state index in [4.69, 9.17) is 16.3 Å². The lowest BCUT2D eigenvalue weighted by Crippen LogP contribution is -2.38. The predicted molar refractivity (Wildman–Crippen MR) is 130 cm³/mol. The van der Waals surface area contributed by atoms with Crippen LogP contribution in [0, 0.1) is 19.7 Å². The maximum absolute atomic E-state index is 13.8. The number of carbonyl (C=O) groups is 3. The number of aromatic nitrogens is 1. The van der Waals surface area contributed by atoms with Gasteiger partial charge >= 0.3 is 6.03 Å². The normalized spacial score (nSPS) is 14.4. The molecule has 2 N–H and O–H groups in total. The van der Waals surface area contributed by atoms with E-state index in [0.717, 1.165) is 22.0 Å². The lowest BCUT2D eigenvalue weighted by molar-refractivity contribution is -0.127. The second-order valence-corrected chi connectivity index (χ2v) is 8.32. The van der Waals surface area contributed by atoms with Crippen LogP contribution in [0.4, 0.5) is 14.9 Å². The van der Waals surface area contributed by atoms with Crippen LogP contribution in [0.2, 0.25) is 5.02 Å². The summed E-state index contributed by atoms with van der Waals surface area (Å²) in [7, 11) is 1.56. The number of rotatable bonds is 6. The maximum Gasteiger partial charge on any atom is 0.329 e. The summed E-state index contributed by atoms with van der Waals surface area (Å²) < 4.78 is 21.2.